The van der Waals surface area contributed by atoms with Gasteiger partial charge in [0.25, 0.3) is 0 Å². The average molecular weight is 1900 g/mol. The van der Waals surface area contributed by atoms with E-state index < -0.39 is 114 Å². The van der Waals surface area contributed by atoms with Gasteiger partial charge in [0.05, 0.1) is 42.1 Å². The predicted octanol–water partition coefficient (Wildman–Crippen LogP) is 12.5. The number of para-hydroxylation sites is 2. The molecule has 16 atom stereocenters. The number of fused-ring (bicyclic) bond motifs is 5. The normalized spacial score (nSPS) is 29.4. The highest BCUT2D eigenvalue weighted by atomic mass is 35.5. The van der Waals surface area contributed by atoms with Crippen molar-refractivity contribution in [2.24, 2.45) is 35.5 Å². The highest BCUT2D eigenvalue weighted by Crippen LogP contribution is 2.49. The highest BCUT2D eigenvalue weighted by molar-refractivity contribution is 6.35. The number of benzene rings is 3. The summed E-state index contributed by atoms with van der Waals surface area (Å²) in [6.07, 6.45) is 13.5. The van der Waals surface area contributed by atoms with Crippen LogP contribution >= 0.6 is 23.2 Å². The molecule has 13 fully saturated rings. The lowest BCUT2D eigenvalue weighted by Gasteiger charge is -2.53. The van der Waals surface area contributed by atoms with Crippen molar-refractivity contribution in [3.63, 3.8) is 0 Å². The molecule has 35 nitrogen and oxygen atoms in total. The van der Waals surface area contributed by atoms with Gasteiger partial charge < -0.3 is 57.8 Å². The van der Waals surface area contributed by atoms with Crippen molar-refractivity contribution in [3.05, 3.63) is 137 Å². The number of rotatable bonds is 18. The molecule has 37 heteroatoms. The predicted molar refractivity (Wildman–Crippen MR) is 482 cm³/mol. The fraction of sp³-hybridized carbons (Fsp3) is 0.567. The molecule has 0 radical (unpaired) electrons. The number of hydrogen-bond acceptors (Lipinski definition) is 27. The minimum Gasteiger partial charge on any atom is -0.487 e. The van der Waals surface area contributed by atoms with Crippen molar-refractivity contribution in [1.82, 2.24) is 46.3 Å². The Morgan fingerprint density at radius 3 is 1.85 bits per heavy atom. The number of barbiturate groups is 1. The van der Waals surface area contributed by atoms with Crippen LogP contribution in [0.15, 0.2) is 114 Å². The number of halogens is 2. The first kappa shape index (κ1) is 103. The summed E-state index contributed by atoms with van der Waals surface area (Å²) in [5.41, 5.74) is 4.45. The van der Waals surface area contributed by atoms with Gasteiger partial charge in [0, 0.05) is 91.8 Å². The third-order valence-corrected chi connectivity index (χ3v) is 27.0. The van der Waals surface area contributed by atoms with Gasteiger partial charge in [0.15, 0.2) is 42.0 Å². The zero-order chi connectivity index (χ0) is 97.1. The van der Waals surface area contributed by atoms with Crippen LogP contribution in [0.3, 0.4) is 0 Å². The van der Waals surface area contributed by atoms with Gasteiger partial charge in [-0.15, -0.1) is 0 Å². The van der Waals surface area contributed by atoms with E-state index in [1.165, 1.54) is 67.6 Å². The molecule has 9 aliphatic heterocycles. The molecule has 0 spiro atoms. The Morgan fingerprint density at radius 1 is 0.597 bits per heavy atom. The number of piperidine rings is 4. The zero-order valence-corrected chi connectivity index (χ0v) is 78.4. The maximum atomic E-state index is 12.7. The number of oxazole rings is 1. The number of nitrogens with one attached hydrogen (secondary N) is 5. The number of aromatic nitrogens is 1. The Morgan fingerprint density at radius 2 is 1.23 bits per heavy atom. The Balaban J connectivity index is 0.000000153. The molecule has 4 aliphatic carbocycles. The Kier molecular flexibility index (Phi) is 36.2. The van der Waals surface area contributed by atoms with Gasteiger partial charge in [0.2, 0.25) is 53.1 Å². The van der Waals surface area contributed by atoms with E-state index in [1.807, 2.05) is 81.4 Å². The number of unbranched alkanes of at least 4 members (excludes halogenated alkanes) is 1. The first-order chi connectivity index (χ1) is 63.8. The number of ketones is 3. The van der Waals surface area contributed by atoms with E-state index in [1.54, 1.807) is 19.1 Å². The molecule has 17 rings (SSSR count). The summed E-state index contributed by atoms with van der Waals surface area (Å²) in [5.74, 6) is -1.99. The van der Waals surface area contributed by atoms with E-state index >= 15 is 0 Å². The fourth-order valence-corrected chi connectivity index (χ4v) is 19.9. The zero-order valence-electron chi connectivity index (χ0n) is 76.9. The third-order valence-electron chi connectivity index (χ3n) is 26.4. The van der Waals surface area contributed by atoms with Gasteiger partial charge in [-0.25, -0.2) is 19.4 Å². The number of likely N-dealkylation sites (tertiary alicyclic amines) is 1. The maximum absolute atomic E-state index is 12.7. The maximum Gasteiger partial charge on any atom is 0.509 e. The number of imide groups is 4. The van der Waals surface area contributed by atoms with Gasteiger partial charge in [0.1, 0.15) is 54.5 Å². The first-order valence-electron chi connectivity index (χ1n) is 46.1. The second-order valence-electron chi connectivity index (χ2n) is 36.2. The van der Waals surface area contributed by atoms with Crippen LogP contribution in [0, 0.1) is 35.5 Å². The number of allylic oxidation sites excluding steroid dienone is 3. The van der Waals surface area contributed by atoms with E-state index in [0.29, 0.717) is 60.2 Å². The number of urea groups is 2. The van der Waals surface area contributed by atoms with E-state index in [0.717, 1.165) is 116 Å². The Bertz CT molecular complexity index is 5050. The third kappa shape index (κ3) is 26.3. The van der Waals surface area contributed by atoms with Crippen LogP contribution < -0.4 is 26.6 Å². The van der Waals surface area contributed by atoms with Crippen molar-refractivity contribution < 1.29 is 124 Å². The minimum atomic E-state index is -0.954. The molecular weight excluding hydrogens is 1780 g/mol. The summed E-state index contributed by atoms with van der Waals surface area (Å²) < 4.78 is 49.0. The van der Waals surface area contributed by atoms with Crippen molar-refractivity contribution in [2.45, 2.75) is 301 Å². The van der Waals surface area contributed by atoms with Crippen LogP contribution in [0.5, 0.6) is 0 Å². The quantitative estimate of drug-likeness (QED) is 0.0203. The molecule has 3 aromatic carbocycles. The molecule has 4 aromatic rings. The molecule has 1 aromatic heterocycles. The van der Waals surface area contributed by atoms with E-state index in [-0.39, 0.29) is 127 Å². The van der Waals surface area contributed by atoms with Crippen LogP contribution in [0.4, 0.5) is 14.4 Å². The topological polar surface area (TPSA) is 460 Å². The van der Waals surface area contributed by atoms with Crippen molar-refractivity contribution in [2.75, 3.05) is 13.2 Å². The summed E-state index contributed by atoms with van der Waals surface area (Å²) in [4.78, 5) is 206. The SMILES string of the molecule is C=C(C)O[C@@H]1[C@@H](OC(C)=O)[C@H](COC(C)=O)O[C@H]1N1CCC(=O)NC1=O.C=C1CC[C@H](Cc2ccc(Cl)cc2Cl)C(=O)N1.C=C1CC[C@H](c2nc3ccccc3o2)C(=O)N1.CCC1OC(N2C(=O)CC(=O)C3C4OC(=O)OC4C32)C(C)C1OC(C)=O.CCCC[C@@H]1CCC(=O)CC1=O.C[C@@]1(c2ccccc2)CCC(=O)NC1=O.O=C1CC(=O)N(C2CCC(C3CCCCC3)CC2)C(=O)N1. The minimum absolute atomic E-state index is 0.00885. The lowest BCUT2D eigenvalue weighted by molar-refractivity contribution is -0.197. The molecule has 134 heavy (non-hydrogen) atoms. The number of hydrogen-bond donors (Lipinski definition) is 5. The number of nitrogens with zero attached hydrogens (tertiary/aromatic N) is 4. The van der Waals surface area contributed by atoms with Gasteiger partial charge in [-0.05, 0) is 145 Å². The van der Waals surface area contributed by atoms with Crippen LogP contribution in [0.1, 0.15) is 239 Å². The molecule has 5 N–H and O–H groups in total. The summed E-state index contributed by atoms with van der Waals surface area (Å²) in [6, 6.07) is 20.7. The van der Waals surface area contributed by atoms with Crippen molar-refractivity contribution in [3.8, 4) is 0 Å². The van der Waals surface area contributed by atoms with Crippen LogP contribution in [0.25, 0.3) is 11.1 Å². The van der Waals surface area contributed by atoms with Crippen LogP contribution in [-0.2, 0) is 117 Å². The lowest BCUT2D eigenvalue weighted by Crippen LogP contribution is -2.73. The monoisotopic (exact) mass is 1900 g/mol. The molecule has 10 heterocycles. The first-order valence-corrected chi connectivity index (χ1v) is 46.9. The van der Waals surface area contributed by atoms with Gasteiger partial charge in [-0.1, -0.05) is 157 Å². The summed E-state index contributed by atoms with van der Waals surface area (Å²) in [6.45, 7) is 24.2. The standard InChI is InChI=1S/C17H21NO8.C16H22N2O8.C16H24N2O3.C13H13Cl2NO.C13H12N2O2.C12H13NO2.C10H16O2/c1-4-9-13(23-7(3)19)6(2)16(24-9)18-10(21)5-8(20)11-12(18)15-14(11)25-17(22)26-15;1-8(2)24-14-13(25-10(4)20)11(7-23-9(3)19)26-15(14)18-6-5-12(21)17-16(18)22;19-14-10-15(20)18(16(21)17-14)13-8-6-12(7-9-13)11-4-2-1-3-5-11;1-8-2-3-10(13(17)16-8)6-9-4-5-11(14)7-12(9)15;1-8-6-7-9(12(16)14-8)13-15-10-4-2-3-5-11(10)17-13;1-12(9-5-3-2-4-6-9)8-7-10(14)13-11(12)15;1-2-3-4-8-5-6-9(11)7-10(8)12/h6,9,11-16H,4-5H2,1-3H3;11,13-15H,1,5-7H2,2-4H3,(H,17,21,22);11-13H,1-10H2,(H,17,19,21);4-5,7,10H,1-3,6H2,(H,16,17);2-5,9H,1,6-7H2,(H,14,16);2-6H,7-8H2,1H3,(H,13,14,15);8H,2-7H2,1H3/t;11-,13-,14+,15+;;10-;9-;12-;8-/m.0.1001/s1. The molecule has 13 aliphatic rings. The summed E-state index contributed by atoms with van der Waals surface area (Å²) >= 11 is 11.9. The molecular formula is C97H121Cl2N9O26. The van der Waals surface area contributed by atoms with Crippen LogP contribution in [-0.4, -0.2) is 201 Å². The van der Waals surface area contributed by atoms with Gasteiger partial charge in [-0.2, -0.15) is 0 Å². The highest BCUT2D eigenvalue weighted by Gasteiger charge is 2.69. The van der Waals surface area contributed by atoms with Crippen molar-refractivity contribution in [1.29, 1.82) is 0 Å². The smallest absolute Gasteiger partial charge is 0.487 e. The average Bonchev–Trinajstić information content (AvgIpc) is 1.48. The summed E-state index contributed by atoms with van der Waals surface area (Å²) in [5, 5.41) is 13.6. The van der Waals surface area contributed by atoms with E-state index in [9.17, 15) is 81.5 Å². The van der Waals surface area contributed by atoms with Gasteiger partial charge in [-0.3, -0.25) is 92.9 Å². The summed E-state index contributed by atoms with van der Waals surface area (Å²) in [7, 11) is 0. The van der Waals surface area contributed by atoms with E-state index in [4.69, 9.17) is 65.5 Å². The molecule has 4 saturated carbocycles. The second-order valence-corrected chi connectivity index (χ2v) is 37.0. The Hall–Kier alpha value is -11.6. The molecule has 9 saturated heterocycles. The Labute approximate surface area is 787 Å². The second kappa shape index (κ2) is 47.1. The van der Waals surface area contributed by atoms with E-state index in [2.05, 4.69) is 58.2 Å². The molecule has 724 valence electrons. The number of carbonyl (C=O) groups is 17. The van der Waals surface area contributed by atoms with Crippen molar-refractivity contribution >= 4 is 135 Å². The number of ether oxygens (including phenoxy) is 8. The molecule has 0 bridgehead atoms. The largest absolute Gasteiger partial charge is 0.509 e. The number of Topliss-reactive ketones (excluding diaryl/α,β-unsaturated/α-hetero) is 3. The molecule has 12 amide bonds. The van der Waals surface area contributed by atoms with Gasteiger partial charge >= 0.3 is 36.1 Å². The lowest BCUT2D eigenvalue weighted by atomic mass is 9.67. The van der Waals surface area contributed by atoms with Crippen LogP contribution in [0.2, 0.25) is 10.0 Å². The number of amides is 12. The number of esters is 3. The fourth-order valence-electron chi connectivity index (χ4n) is 19.4. The number of carbonyl (C=O) groups excluding carboxylic acids is 17. The molecule has 8 unspecified atom stereocenters.